The van der Waals surface area contributed by atoms with Crippen molar-refractivity contribution in [3.63, 3.8) is 0 Å². The van der Waals surface area contributed by atoms with E-state index in [0.29, 0.717) is 12.1 Å². The Morgan fingerprint density at radius 2 is 2.14 bits per heavy atom. The summed E-state index contributed by atoms with van der Waals surface area (Å²) in [5, 5.41) is 3.36. The van der Waals surface area contributed by atoms with Crippen molar-refractivity contribution >= 4 is 15.9 Å². The van der Waals surface area contributed by atoms with Crippen molar-refractivity contribution in [1.82, 2.24) is 5.32 Å². The molecule has 0 saturated heterocycles. The van der Waals surface area contributed by atoms with Crippen molar-refractivity contribution < 1.29 is 9.13 Å². The van der Waals surface area contributed by atoms with Crippen LogP contribution in [0.5, 0.6) is 5.75 Å². The van der Waals surface area contributed by atoms with Crippen LogP contribution in [0.1, 0.15) is 24.1 Å². The van der Waals surface area contributed by atoms with Gasteiger partial charge in [-0.1, -0.05) is 34.1 Å². The molecule has 0 amide bonds. The molecule has 0 radical (unpaired) electrons. The Morgan fingerprint density at radius 3 is 2.95 bits per heavy atom. The fraction of sp³-hybridized carbons (Fsp3) is 0.294. The smallest absolute Gasteiger partial charge is 0.128 e. The monoisotopic (exact) mass is 349 g/mol. The summed E-state index contributed by atoms with van der Waals surface area (Å²) < 4.78 is 20.6. The van der Waals surface area contributed by atoms with Gasteiger partial charge in [-0.3, -0.25) is 0 Å². The number of ether oxygens (including phenoxy) is 1. The van der Waals surface area contributed by atoms with Crippen molar-refractivity contribution in [2.75, 3.05) is 6.54 Å². The van der Waals surface area contributed by atoms with Crippen LogP contribution in [0.2, 0.25) is 0 Å². The van der Waals surface area contributed by atoms with E-state index in [0.717, 1.165) is 16.6 Å². The van der Waals surface area contributed by atoms with Crippen LogP contribution in [0.25, 0.3) is 0 Å². The molecule has 21 heavy (non-hydrogen) atoms. The minimum Gasteiger partial charge on any atom is -0.488 e. The van der Waals surface area contributed by atoms with Crippen molar-refractivity contribution in [3.8, 4) is 5.75 Å². The fourth-order valence-corrected chi connectivity index (χ4v) is 3.01. The van der Waals surface area contributed by atoms with Crippen LogP contribution < -0.4 is 10.1 Å². The Kier molecular flexibility index (Phi) is 4.27. The van der Waals surface area contributed by atoms with Crippen LogP contribution >= 0.6 is 15.9 Å². The first kappa shape index (κ1) is 14.5. The van der Waals surface area contributed by atoms with Gasteiger partial charge < -0.3 is 10.1 Å². The average molecular weight is 350 g/mol. The Morgan fingerprint density at radius 1 is 1.33 bits per heavy atom. The van der Waals surface area contributed by atoms with E-state index in [1.807, 2.05) is 31.2 Å². The van der Waals surface area contributed by atoms with E-state index in [2.05, 4.69) is 27.3 Å². The molecule has 2 nitrogen and oxygen atoms in total. The third kappa shape index (κ3) is 3.27. The first-order valence-electron chi connectivity index (χ1n) is 7.06. The molecule has 2 aromatic carbocycles. The Bertz CT molecular complexity index is 621. The molecule has 0 aliphatic carbocycles. The second kappa shape index (κ2) is 6.16. The maximum atomic E-state index is 13.8. The summed E-state index contributed by atoms with van der Waals surface area (Å²) in [5.41, 5.74) is 1.91. The standard InChI is InChI=1S/C17H17BrFNO/c1-11(15-9-13(18)6-7-16(15)19)20-10-14-8-12-4-2-3-5-17(12)21-14/h2-7,9,11,14,20H,8,10H2,1H3. The minimum absolute atomic E-state index is 0.0604. The van der Waals surface area contributed by atoms with Gasteiger partial charge in [0.15, 0.2) is 0 Å². The lowest BCUT2D eigenvalue weighted by Crippen LogP contribution is -2.32. The van der Waals surface area contributed by atoms with Crippen molar-refractivity contribution in [3.05, 3.63) is 63.9 Å². The first-order valence-corrected chi connectivity index (χ1v) is 7.85. The number of hydrogen-bond donors (Lipinski definition) is 1. The number of hydrogen-bond acceptors (Lipinski definition) is 2. The van der Waals surface area contributed by atoms with E-state index in [9.17, 15) is 4.39 Å². The molecule has 2 aromatic rings. The van der Waals surface area contributed by atoms with E-state index >= 15 is 0 Å². The van der Waals surface area contributed by atoms with Gasteiger partial charge in [-0.2, -0.15) is 0 Å². The van der Waals surface area contributed by atoms with E-state index in [4.69, 9.17) is 4.74 Å². The molecule has 110 valence electrons. The van der Waals surface area contributed by atoms with Crippen molar-refractivity contribution in [2.24, 2.45) is 0 Å². The van der Waals surface area contributed by atoms with Crippen molar-refractivity contribution in [2.45, 2.75) is 25.5 Å². The molecule has 0 bridgehead atoms. The number of fused-ring (bicyclic) bond motifs is 1. The molecule has 2 unspecified atom stereocenters. The van der Waals surface area contributed by atoms with Gasteiger partial charge in [0.2, 0.25) is 0 Å². The van der Waals surface area contributed by atoms with Gasteiger partial charge in [-0.15, -0.1) is 0 Å². The van der Waals surface area contributed by atoms with Gasteiger partial charge in [0.05, 0.1) is 0 Å². The van der Waals surface area contributed by atoms with Crippen LogP contribution in [0.3, 0.4) is 0 Å². The summed E-state index contributed by atoms with van der Waals surface area (Å²) in [4.78, 5) is 0. The Hall–Kier alpha value is -1.39. The molecule has 2 atom stereocenters. The zero-order valence-electron chi connectivity index (χ0n) is 11.8. The predicted octanol–water partition coefficient (Wildman–Crippen LogP) is 4.24. The van der Waals surface area contributed by atoms with Crippen LogP contribution in [-0.2, 0) is 6.42 Å². The predicted molar refractivity (Wildman–Crippen MR) is 85.1 cm³/mol. The molecule has 1 heterocycles. The van der Waals surface area contributed by atoms with Gasteiger partial charge in [0.25, 0.3) is 0 Å². The highest BCUT2D eigenvalue weighted by molar-refractivity contribution is 9.10. The maximum absolute atomic E-state index is 13.8. The lowest BCUT2D eigenvalue weighted by molar-refractivity contribution is 0.222. The third-order valence-corrected chi connectivity index (χ3v) is 4.28. The summed E-state index contributed by atoms with van der Waals surface area (Å²) in [5.74, 6) is 0.777. The number of benzene rings is 2. The maximum Gasteiger partial charge on any atom is 0.128 e. The average Bonchev–Trinajstić information content (AvgIpc) is 2.90. The van der Waals surface area contributed by atoms with E-state index in [1.54, 1.807) is 6.07 Å². The molecule has 0 spiro atoms. The molecule has 0 aromatic heterocycles. The lowest BCUT2D eigenvalue weighted by Gasteiger charge is -2.18. The second-order valence-corrected chi connectivity index (χ2v) is 6.26. The highest BCUT2D eigenvalue weighted by Crippen LogP contribution is 2.28. The van der Waals surface area contributed by atoms with Crippen LogP contribution in [0.15, 0.2) is 46.9 Å². The van der Waals surface area contributed by atoms with E-state index in [-0.39, 0.29) is 18.0 Å². The fourth-order valence-electron chi connectivity index (χ4n) is 2.63. The van der Waals surface area contributed by atoms with Gasteiger partial charge in [-0.25, -0.2) is 4.39 Å². The number of para-hydroxylation sites is 1. The zero-order chi connectivity index (χ0) is 14.8. The van der Waals surface area contributed by atoms with Gasteiger partial charge in [0.1, 0.15) is 17.7 Å². The van der Waals surface area contributed by atoms with Gasteiger partial charge in [-0.05, 0) is 36.8 Å². The number of rotatable bonds is 4. The summed E-state index contributed by atoms with van der Waals surface area (Å²) >= 11 is 3.38. The molecular weight excluding hydrogens is 333 g/mol. The van der Waals surface area contributed by atoms with Crippen molar-refractivity contribution in [1.29, 1.82) is 0 Å². The second-order valence-electron chi connectivity index (χ2n) is 5.35. The minimum atomic E-state index is -0.186. The Labute approximate surface area is 132 Å². The van der Waals surface area contributed by atoms with Gasteiger partial charge >= 0.3 is 0 Å². The number of nitrogens with one attached hydrogen (secondary N) is 1. The molecule has 1 N–H and O–H groups in total. The van der Waals surface area contributed by atoms with E-state index < -0.39 is 0 Å². The first-order chi connectivity index (χ1) is 10.1. The molecule has 0 saturated carbocycles. The summed E-state index contributed by atoms with van der Waals surface area (Å²) in [6, 6.07) is 13.0. The zero-order valence-corrected chi connectivity index (χ0v) is 13.4. The normalized spacial score (nSPS) is 18.1. The lowest BCUT2D eigenvalue weighted by atomic mass is 10.1. The van der Waals surface area contributed by atoms with Crippen LogP contribution in [-0.4, -0.2) is 12.6 Å². The highest BCUT2D eigenvalue weighted by atomic mass is 79.9. The molecule has 1 aliphatic heterocycles. The summed E-state index contributed by atoms with van der Waals surface area (Å²) in [6.07, 6.45) is 1.01. The molecule has 3 rings (SSSR count). The molecule has 4 heteroatoms. The molecule has 1 aliphatic rings. The van der Waals surface area contributed by atoms with E-state index in [1.165, 1.54) is 11.6 Å². The summed E-state index contributed by atoms with van der Waals surface area (Å²) in [6.45, 7) is 2.66. The highest BCUT2D eigenvalue weighted by Gasteiger charge is 2.23. The van der Waals surface area contributed by atoms with Crippen LogP contribution in [0, 0.1) is 5.82 Å². The SMILES string of the molecule is CC(NCC1Cc2ccccc2O1)c1cc(Br)ccc1F. The topological polar surface area (TPSA) is 21.3 Å². The van der Waals surface area contributed by atoms with Gasteiger partial charge in [0, 0.05) is 29.0 Å². The Balaban J connectivity index is 1.60. The third-order valence-electron chi connectivity index (χ3n) is 3.79. The molecule has 0 fully saturated rings. The molecular formula is C17H17BrFNO. The number of halogens is 2. The summed E-state index contributed by atoms with van der Waals surface area (Å²) in [7, 11) is 0. The quantitative estimate of drug-likeness (QED) is 0.891. The largest absolute Gasteiger partial charge is 0.488 e. The van der Waals surface area contributed by atoms with Crippen LogP contribution in [0.4, 0.5) is 4.39 Å².